The van der Waals surface area contributed by atoms with Crippen molar-refractivity contribution in [3.8, 4) is 16.9 Å². The Morgan fingerprint density at radius 1 is 1.16 bits per heavy atom. The summed E-state index contributed by atoms with van der Waals surface area (Å²) < 4.78 is 35.3. The van der Waals surface area contributed by atoms with Crippen molar-refractivity contribution in [3.63, 3.8) is 0 Å². The molecule has 32 heavy (non-hydrogen) atoms. The van der Waals surface area contributed by atoms with E-state index in [-0.39, 0.29) is 16.9 Å². The molecule has 0 radical (unpaired) electrons. The average Bonchev–Trinajstić information content (AvgIpc) is 3.54. The molecular weight excluding hydrogens is 426 g/mol. The van der Waals surface area contributed by atoms with Gasteiger partial charge in [0.1, 0.15) is 5.75 Å². The van der Waals surface area contributed by atoms with Crippen LogP contribution in [-0.2, 0) is 16.6 Å². The number of hydrogen-bond donors (Lipinski definition) is 1. The molecule has 0 bridgehead atoms. The van der Waals surface area contributed by atoms with Crippen molar-refractivity contribution in [1.29, 1.82) is 0 Å². The normalized spacial score (nSPS) is 19.6. The number of fused-ring (bicyclic) bond motifs is 1. The Balaban J connectivity index is 1.35. The second-order valence-corrected chi connectivity index (χ2v) is 10.2. The lowest BCUT2D eigenvalue weighted by molar-refractivity contribution is 0.394. The van der Waals surface area contributed by atoms with Crippen molar-refractivity contribution in [2.75, 3.05) is 13.7 Å². The third-order valence-corrected chi connectivity index (χ3v) is 8.13. The maximum atomic E-state index is 13.3. The molecule has 0 spiro atoms. The van der Waals surface area contributed by atoms with Crippen molar-refractivity contribution in [2.24, 2.45) is 5.92 Å². The van der Waals surface area contributed by atoms with Crippen LogP contribution in [0.5, 0.6) is 5.75 Å². The highest BCUT2D eigenvalue weighted by Crippen LogP contribution is 2.32. The molecule has 5 rings (SSSR count). The number of sulfonamides is 1. The van der Waals surface area contributed by atoms with Gasteiger partial charge in [-0.1, -0.05) is 12.1 Å². The molecule has 0 aliphatic carbocycles. The molecule has 2 atom stereocenters. The molecule has 1 N–H and O–H groups in total. The van der Waals surface area contributed by atoms with E-state index in [1.807, 2.05) is 24.0 Å². The summed E-state index contributed by atoms with van der Waals surface area (Å²) >= 11 is 0. The van der Waals surface area contributed by atoms with E-state index in [9.17, 15) is 8.42 Å². The first kappa shape index (κ1) is 20.7. The Kier molecular flexibility index (Phi) is 5.22. The van der Waals surface area contributed by atoms with Gasteiger partial charge in [0.25, 0.3) is 0 Å². The van der Waals surface area contributed by atoms with Gasteiger partial charge in [0.05, 0.1) is 29.9 Å². The summed E-state index contributed by atoms with van der Waals surface area (Å²) in [4.78, 5) is 0.265. The van der Waals surface area contributed by atoms with E-state index in [2.05, 4.69) is 33.5 Å². The first-order chi connectivity index (χ1) is 15.5. The Labute approximate surface area is 186 Å². The molecule has 0 unspecified atom stereocenters. The Bertz CT molecular complexity index is 1350. The molecule has 1 aliphatic heterocycles. The fourth-order valence-electron chi connectivity index (χ4n) is 4.54. The summed E-state index contributed by atoms with van der Waals surface area (Å²) in [5.41, 5.74) is 3.15. The van der Waals surface area contributed by atoms with Crippen molar-refractivity contribution >= 4 is 20.9 Å². The molecule has 4 aromatic rings. The van der Waals surface area contributed by atoms with E-state index < -0.39 is 10.0 Å². The standard InChI is InChI=1S/C23H25N5O3S/c1-16-8-17(15-28(16)32(29,30)22-5-3-4-21(10-22)31-2)14-27-23-7-6-18(9-19(23)13-26-27)20-11-24-25-12-20/h3-7,9-13,16-17H,8,14-15H2,1-2H3,(H,24,25)/t16-,17+/m0/s1. The summed E-state index contributed by atoms with van der Waals surface area (Å²) in [5, 5.41) is 12.5. The molecular formula is C23H25N5O3S. The van der Waals surface area contributed by atoms with E-state index >= 15 is 0 Å². The third-order valence-electron chi connectivity index (χ3n) is 6.16. The predicted octanol–water partition coefficient (Wildman–Crippen LogP) is 3.53. The SMILES string of the molecule is COc1cccc(S(=O)(=O)N2C[C@@H](Cn3ncc4cc(-c5cn[nH]c5)ccc43)C[C@@H]2C)c1. The molecule has 0 amide bonds. The number of hydrogen-bond acceptors (Lipinski definition) is 5. The van der Waals surface area contributed by atoms with Crippen LogP contribution in [0.1, 0.15) is 13.3 Å². The number of nitrogens with zero attached hydrogens (tertiary/aromatic N) is 4. The number of benzene rings is 2. The second-order valence-electron chi connectivity index (χ2n) is 8.29. The lowest BCUT2D eigenvalue weighted by Crippen LogP contribution is -2.34. The minimum Gasteiger partial charge on any atom is -0.497 e. The quantitative estimate of drug-likeness (QED) is 0.484. The number of aromatic nitrogens is 4. The first-order valence-electron chi connectivity index (χ1n) is 10.6. The van der Waals surface area contributed by atoms with Crippen LogP contribution in [0, 0.1) is 5.92 Å². The van der Waals surface area contributed by atoms with Gasteiger partial charge < -0.3 is 4.74 Å². The molecule has 0 saturated carbocycles. The maximum absolute atomic E-state index is 13.3. The van der Waals surface area contributed by atoms with Crippen LogP contribution in [0.25, 0.3) is 22.0 Å². The minimum atomic E-state index is -3.59. The van der Waals surface area contributed by atoms with Gasteiger partial charge in [0, 0.05) is 42.3 Å². The van der Waals surface area contributed by atoms with Crippen LogP contribution < -0.4 is 4.74 Å². The summed E-state index contributed by atoms with van der Waals surface area (Å²) in [6.45, 7) is 3.11. The van der Waals surface area contributed by atoms with Crippen LogP contribution in [0.3, 0.4) is 0 Å². The topological polar surface area (TPSA) is 93.1 Å². The third kappa shape index (κ3) is 3.67. The summed E-state index contributed by atoms with van der Waals surface area (Å²) in [6, 6.07) is 12.8. The van der Waals surface area contributed by atoms with Gasteiger partial charge in [-0.25, -0.2) is 8.42 Å². The minimum absolute atomic E-state index is 0.0780. The summed E-state index contributed by atoms with van der Waals surface area (Å²) in [6.07, 6.45) is 6.31. The zero-order valence-electron chi connectivity index (χ0n) is 18.0. The van der Waals surface area contributed by atoms with Crippen molar-refractivity contribution in [2.45, 2.75) is 30.8 Å². The molecule has 166 valence electrons. The van der Waals surface area contributed by atoms with Crippen molar-refractivity contribution < 1.29 is 13.2 Å². The highest BCUT2D eigenvalue weighted by molar-refractivity contribution is 7.89. The van der Waals surface area contributed by atoms with Crippen molar-refractivity contribution in [1.82, 2.24) is 24.3 Å². The monoisotopic (exact) mass is 451 g/mol. The van der Waals surface area contributed by atoms with Crippen LogP contribution >= 0.6 is 0 Å². The average molecular weight is 452 g/mol. The second kappa shape index (κ2) is 8.07. The van der Waals surface area contributed by atoms with Gasteiger partial charge in [-0.05, 0) is 49.1 Å². The molecule has 1 saturated heterocycles. The molecule has 8 nitrogen and oxygen atoms in total. The number of nitrogens with one attached hydrogen (secondary N) is 1. The number of methoxy groups -OCH3 is 1. The number of ether oxygens (including phenoxy) is 1. The Hall–Kier alpha value is -3.17. The smallest absolute Gasteiger partial charge is 0.243 e. The maximum Gasteiger partial charge on any atom is 0.243 e. The van der Waals surface area contributed by atoms with Crippen LogP contribution in [0.15, 0.2) is 66.0 Å². The molecule has 3 heterocycles. The predicted molar refractivity (Wildman–Crippen MR) is 122 cm³/mol. The highest BCUT2D eigenvalue weighted by atomic mass is 32.2. The zero-order chi connectivity index (χ0) is 22.3. The molecule has 1 aliphatic rings. The lowest BCUT2D eigenvalue weighted by atomic mass is 10.1. The summed E-state index contributed by atoms with van der Waals surface area (Å²) in [7, 11) is -2.06. The van der Waals surface area contributed by atoms with Gasteiger partial charge in [-0.2, -0.15) is 14.5 Å². The van der Waals surface area contributed by atoms with Crippen LogP contribution in [0.2, 0.25) is 0 Å². The first-order valence-corrected chi connectivity index (χ1v) is 12.0. The van der Waals surface area contributed by atoms with Crippen LogP contribution in [-0.4, -0.2) is 52.4 Å². The van der Waals surface area contributed by atoms with Crippen molar-refractivity contribution in [3.05, 3.63) is 61.1 Å². The Morgan fingerprint density at radius 2 is 2.03 bits per heavy atom. The number of rotatable bonds is 6. The van der Waals surface area contributed by atoms with E-state index in [0.29, 0.717) is 18.8 Å². The van der Waals surface area contributed by atoms with Gasteiger partial charge in [0.2, 0.25) is 10.0 Å². The van der Waals surface area contributed by atoms with Gasteiger partial charge in [0.15, 0.2) is 0 Å². The summed E-state index contributed by atoms with van der Waals surface area (Å²) in [5.74, 6) is 0.717. The lowest BCUT2D eigenvalue weighted by Gasteiger charge is -2.21. The fourth-order valence-corrected chi connectivity index (χ4v) is 6.29. The highest BCUT2D eigenvalue weighted by Gasteiger charge is 2.38. The molecule has 2 aromatic heterocycles. The van der Waals surface area contributed by atoms with Crippen LogP contribution in [0.4, 0.5) is 0 Å². The van der Waals surface area contributed by atoms with Gasteiger partial charge >= 0.3 is 0 Å². The van der Waals surface area contributed by atoms with Gasteiger partial charge in [-0.15, -0.1) is 0 Å². The van der Waals surface area contributed by atoms with Gasteiger partial charge in [-0.3, -0.25) is 9.78 Å². The number of H-pyrrole nitrogens is 1. The largest absolute Gasteiger partial charge is 0.497 e. The number of aromatic amines is 1. The molecule has 2 aromatic carbocycles. The zero-order valence-corrected chi connectivity index (χ0v) is 18.8. The molecule has 1 fully saturated rings. The van der Waals surface area contributed by atoms with E-state index in [0.717, 1.165) is 28.5 Å². The molecule has 9 heteroatoms. The van der Waals surface area contributed by atoms with E-state index in [4.69, 9.17) is 4.74 Å². The Morgan fingerprint density at radius 3 is 2.81 bits per heavy atom. The van der Waals surface area contributed by atoms with E-state index in [1.54, 1.807) is 34.8 Å². The fraction of sp³-hybridized carbons (Fsp3) is 0.304. The van der Waals surface area contributed by atoms with E-state index in [1.165, 1.54) is 7.11 Å².